The monoisotopic (exact) mass is 1830 g/mol. The van der Waals surface area contributed by atoms with Crippen LogP contribution in [0.4, 0.5) is 9.59 Å². The average molecular weight is 1830 g/mol. The van der Waals surface area contributed by atoms with Gasteiger partial charge in [0.05, 0.1) is 114 Å². The number of esters is 4. The summed E-state index contributed by atoms with van der Waals surface area (Å²) >= 11 is 0. The van der Waals surface area contributed by atoms with Crippen LogP contribution in [-0.4, -0.2) is 241 Å². The average Bonchev–Trinajstić information content (AvgIpc) is 1.41. The molecule has 8 heterocycles. The fourth-order valence-corrected chi connectivity index (χ4v) is 15.4. The number of benzene rings is 8. The molecule has 0 bridgehead atoms. The molecule has 4 fully saturated rings. The number of methoxy groups -OCH3 is 8. The lowest BCUT2D eigenvalue weighted by Crippen LogP contribution is -2.57. The number of alkyl carbamates (subject to hydrolysis) is 1. The Bertz CT molecular complexity index is 6010. The Morgan fingerprint density at radius 1 is 0.351 bits per heavy atom. The summed E-state index contributed by atoms with van der Waals surface area (Å²) in [5, 5.41) is 11.8. The Labute approximate surface area is 775 Å². The molecule has 0 saturated carbocycles. The molecule has 4 aliphatic heterocycles. The Morgan fingerprint density at radius 2 is 0.642 bits per heavy atom. The highest BCUT2D eigenvalue weighted by atomic mass is 16.6. The number of aromatic nitrogens is 8. The second-order valence-electron chi connectivity index (χ2n) is 34.9. The van der Waals surface area contributed by atoms with Crippen molar-refractivity contribution >= 4 is 85.6 Å². The molecule has 3 amide bonds. The summed E-state index contributed by atoms with van der Waals surface area (Å²) in [6, 6.07) is 57.2. The second kappa shape index (κ2) is 43.1. The summed E-state index contributed by atoms with van der Waals surface area (Å²) in [6.45, 7) is 17.3. The summed E-state index contributed by atoms with van der Waals surface area (Å²) in [5.41, 5.74) is 4.16. The van der Waals surface area contributed by atoms with Gasteiger partial charge >= 0.3 is 36.1 Å². The van der Waals surface area contributed by atoms with Crippen LogP contribution in [0.5, 0.6) is 46.5 Å². The fourth-order valence-electron chi connectivity index (χ4n) is 15.4. The third-order valence-electron chi connectivity index (χ3n) is 22.0. The lowest BCUT2D eigenvalue weighted by molar-refractivity contribution is -0.152. The number of nitrogens with zero attached hydrogens (tertiary/aromatic N) is 10. The molecule has 702 valence electrons. The lowest BCUT2D eigenvalue weighted by Gasteiger charge is -2.35. The van der Waals surface area contributed by atoms with Gasteiger partial charge < -0.3 is 87.2 Å². The molecule has 134 heavy (non-hydrogen) atoms. The number of carbonyl (C=O) groups is 7. The number of nitrogens with one attached hydrogen (secondary N) is 3. The van der Waals surface area contributed by atoms with Gasteiger partial charge in [0.15, 0.2) is 23.3 Å². The molecule has 34 heteroatoms. The highest BCUT2D eigenvalue weighted by Crippen LogP contribution is 2.39. The van der Waals surface area contributed by atoms with Crippen molar-refractivity contribution in [3.05, 3.63) is 194 Å². The van der Waals surface area contributed by atoms with Crippen molar-refractivity contribution in [3.63, 3.8) is 0 Å². The quantitative estimate of drug-likeness (QED) is 0.0419. The summed E-state index contributed by atoms with van der Waals surface area (Å²) in [6.07, 6.45) is -1.40. The predicted molar refractivity (Wildman–Crippen MR) is 499 cm³/mol. The van der Waals surface area contributed by atoms with Gasteiger partial charge in [-0.3, -0.25) is 19.3 Å². The fraction of sp³-hybridized carbons (Fsp3) is 0.370. The van der Waals surface area contributed by atoms with Crippen molar-refractivity contribution in [2.45, 2.75) is 154 Å². The zero-order valence-electron chi connectivity index (χ0n) is 77.9. The molecular formula is C100H111N13O21. The van der Waals surface area contributed by atoms with E-state index in [0.29, 0.717) is 118 Å². The number of amides is 3. The van der Waals surface area contributed by atoms with Crippen LogP contribution in [0.3, 0.4) is 0 Å². The maximum absolute atomic E-state index is 14.0. The third kappa shape index (κ3) is 24.4. The number of hydrogen-bond acceptors (Lipinski definition) is 31. The standard InChI is InChI=1S/C32H40N4O7.C26H29N3O6.2C21H21N3O4/c1-31(2,3)25(34-30(39)43-32(4,5)6)28(37)36-18-21(17-24(36)29(38)41-8)42-27-22-16-20(40-7)14-15-23(22)33-26(35-27)19-12-10-9-11-13-19;1-26(2,3)35-25(31)29-15-18(14-21(29)24(30)33-5)34-23-19-13-17(32-4)11-12-20(19)27-22(28-23)16-9-7-6-8-10-16;2*1-26-14-8-9-17-16(10-14)20(24-19(23-17)13-6-4-3-5-7-13)28-15-11-18(22-12-15)21(25)27-2/h9-16,21,24-25H,17-18H2,1-8H3,(H,34,39);6-13,18,21H,14-15H2,1-5H3;2*3-10,15,18,22H,11-12H2,1-2H3/t21-,24?,25-;18-,21?;2*15-,18?/m1111/s1. The summed E-state index contributed by atoms with van der Waals surface area (Å²) in [5.74, 6) is 4.24. The van der Waals surface area contributed by atoms with Gasteiger partial charge in [0.25, 0.3) is 0 Å². The van der Waals surface area contributed by atoms with Gasteiger partial charge in [-0.15, -0.1) is 0 Å². The Balaban J connectivity index is 0.000000154. The van der Waals surface area contributed by atoms with Gasteiger partial charge in [-0.25, -0.2) is 39.1 Å². The SMILES string of the molecule is COC(=O)C1C[C@@H](Oc2nc(-c3ccccc3)nc3ccc(OC)cc23)CN1.COC(=O)C1C[C@@H](Oc2nc(-c3ccccc3)nc3ccc(OC)cc23)CN1.COC(=O)C1C[C@@H](Oc2nc(-c3ccccc3)nc3ccc(OC)cc23)CN1C(=O)OC(C)(C)C.COC(=O)C1C[C@@H](Oc2nc(-c3ccccc3)nc3ccc(OC)cc23)CN1C(=O)[C@@H](NC(=O)OC(C)(C)C)C(C)(C)C. The molecule has 3 N–H and O–H groups in total. The molecule has 0 spiro atoms. The van der Waals surface area contributed by atoms with E-state index in [9.17, 15) is 33.6 Å². The van der Waals surface area contributed by atoms with Gasteiger partial charge in [0.1, 0.15) is 88.8 Å². The molecule has 4 aromatic heterocycles. The van der Waals surface area contributed by atoms with Crippen molar-refractivity contribution in [1.82, 2.24) is 65.6 Å². The van der Waals surface area contributed by atoms with Crippen molar-refractivity contribution < 1.29 is 99.9 Å². The highest BCUT2D eigenvalue weighted by molar-refractivity contribution is 5.93. The van der Waals surface area contributed by atoms with E-state index in [1.54, 1.807) is 88.2 Å². The number of likely N-dealkylation sites (tertiary alicyclic amines) is 2. The summed E-state index contributed by atoms with van der Waals surface area (Å²) in [4.78, 5) is 129. The lowest BCUT2D eigenvalue weighted by atomic mass is 9.85. The largest absolute Gasteiger partial charge is 0.497 e. The van der Waals surface area contributed by atoms with Crippen molar-refractivity contribution in [2.24, 2.45) is 5.41 Å². The zero-order valence-corrected chi connectivity index (χ0v) is 77.9. The first-order valence-corrected chi connectivity index (χ1v) is 43.6. The maximum Gasteiger partial charge on any atom is 0.411 e. The van der Waals surface area contributed by atoms with E-state index >= 15 is 0 Å². The molecular weight excluding hydrogens is 1720 g/mol. The molecule has 34 nitrogen and oxygen atoms in total. The minimum absolute atomic E-state index is 0.0668. The van der Waals surface area contributed by atoms with Crippen LogP contribution in [-0.2, 0) is 52.4 Å². The molecule has 8 aromatic carbocycles. The van der Waals surface area contributed by atoms with E-state index in [1.165, 1.54) is 38.2 Å². The van der Waals surface area contributed by atoms with E-state index in [0.717, 1.165) is 44.1 Å². The minimum atomic E-state index is -0.984. The molecule has 4 unspecified atom stereocenters. The highest BCUT2D eigenvalue weighted by Gasteiger charge is 2.48. The Hall–Kier alpha value is -14.7. The van der Waals surface area contributed by atoms with Crippen molar-refractivity contribution in [3.8, 4) is 92.1 Å². The normalized spacial score (nSPS) is 18.2. The van der Waals surface area contributed by atoms with Gasteiger partial charge in [0, 0.05) is 61.0 Å². The van der Waals surface area contributed by atoms with Crippen LogP contribution in [0, 0.1) is 5.41 Å². The molecule has 0 aliphatic carbocycles. The molecule has 0 radical (unpaired) electrons. The van der Waals surface area contributed by atoms with E-state index in [2.05, 4.69) is 40.9 Å². The number of carbonyl (C=O) groups excluding carboxylic acids is 7. The number of rotatable bonds is 22. The third-order valence-corrected chi connectivity index (χ3v) is 22.0. The first kappa shape index (κ1) is 96.9. The molecule has 16 rings (SSSR count). The first-order valence-electron chi connectivity index (χ1n) is 43.6. The second-order valence-corrected chi connectivity index (χ2v) is 34.9. The molecule has 4 saturated heterocycles. The van der Waals surface area contributed by atoms with Crippen LogP contribution in [0.2, 0.25) is 0 Å². The Kier molecular flexibility index (Phi) is 31.2. The van der Waals surface area contributed by atoms with Crippen LogP contribution in [0.15, 0.2) is 194 Å². The topological polar surface area (TPSA) is 394 Å². The van der Waals surface area contributed by atoms with E-state index in [1.807, 2.05) is 197 Å². The number of ether oxygens (including phenoxy) is 14. The minimum Gasteiger partial charge on any atom is -0.497 e. The molecule has 9 atom stereocenters. The van der Waals surface area contributed by atoms with E-state index < -0.39 is 77.0 Å². The number of hydrogen-bond donors (Lipinski definition) is 3. The van der Waals surface area contributed by atoms with Crippen LogP contribution in [0.25, 0.3) is 89.2 Å². The van der Waals surface area contributed by atoms with E-state index in [4.69, 9.17) is 81.3 Å². The van der Waals surface area contributed by atoms with Gasteiger partial charge in [-0.2, -0.15) is 19.9 Å². The predicted octanol–water partition coefficient (Wildman–Crippen LogP) is 14.2. The van der Waals surface area contributed by atoms with Gasteiger partial charge in [-0.05, 0) is 120 Å². The molecule has 4 aliphatic rings. The zero-order chi connectivity index (χ0) is 95.7. The number of fused-ring (bicyclic) bond motifs is 4. The van der Waals surface area contributed by atoms with Crippen molar-refractivity contribution in [1.29, 1.82) is 0 Å². The summed E-state index contributed by atoms with van der Waals surface area (Å²) < 4.78 is 77.2. The van der Waals surface area contributed by atoms with Crippen LogP contribution in [0.1, 0.15) is 88.0 Å². The summed E-state index contributed by atoms with van der Waals surface area (Å²) in [7, 11) is 11.7. The maximum atomic E-state index is 14.0. The van der Waals surface area contributed by atoms with Crippen LogP contribution < -0.4 is 53.8 Å². The first-order chi connectivity index (χ1) is 64.2. The van der Waals surface area contributed by atoms with Crippen LogP contribution >= 0.6 is 0 Å². The Morgan fingerprint density at radius 3 is 0.925 bits per heavy atom. The smallest absolute Gasteiger partial charge is 0.411 e. The van der Waals surface area contributed by atoms with E-state index in [-0.39, 0.29) is 62.2 Å². The molecule has 12 aromatic rings. The van der Waals surface area contributed by atoms with Gasteiger partial charge in [0.2, 0.25) is 29.4 Å². The van der Waals surface area contributed by atoms with Gasteiger partial charge in [-0.1, -0.05) is 142 Å². The van der Waals surface area contributed by atoms with Crippen molar-refractivity contribution in [2.75, 3.05) is 83.1 Å².